The molecule has 0 unspecified atom stereocenters. The molecule has 3 atom stereocenters. The maximum atomic E-state index is 15.4. The van der Waals surface area contributed by atoms with Crippen LogP contribution in [0.25, 0.3) is 33.5 Å². The predicted octanol–water partition coefficient (Wildman–Crippen LogP) is 7.79. The van der Waals surface area contributed by atoms with Crippen molar-refractivity contribution in [3.63, 3.8) is 0 Å². The van der Waals surface area contributed by atoms with Crippen LogP contribution in [0.1, 0.15) is 56.2 Å². The second kappa shape index (κ2) is 8.91. The normalized spacial score (nSPS) is 23.4. The monoisotopic (exact) mass is 530 g/mol. The number of nitrogens with zero attached hydrogens (tertiary/aromatic N) is 4. The molecule has 2 aliphatic rings. The van der Waals surface area contributed by atoms with Crippen LogP contribution < -0.4 is 0 Å². The molecule has 3 heterocycles. The Kier molecular flexibility index (Phi) is 5.53. The molecule has 0 spiro atoms. The number of rotatable bonds is 4. The molecule has 3 aromatic heterocycles. The molecule has 2 aliphatic carbocycles. The van der Waals surface area contributed by atoms with Crippen LogP contribution in [0.4, 0.5) is 4.39 Å². The molecule has 0 radical (unpaired) electrons. The summed E-state index contributed by atoms with van der Waals surface area (Å²) in [6, 6.07) is 16.9. The fraction of sp³-hybridized carbons (Fsp3) is 0.294. The summed E-state index contributed by atoms with van der Waals surface area (Å²) < 4.78 is 21.3. The summed E-state index contributed by atoms with van der Waals surface area (Å²) in [6.07, 6.45) is 6.87. The van der Waals surface area contributed by atoms with Crippen LogP contribution in [0, 0.1) is 11.7 Å². The van der Waals surface area contributed by atoms with Gasteiger partial charge in [0.05, 0.1) is 23.1 Å². The van der Waals surface area contributed by atoms with E-state index in [4.69, 9.17) is 14.5 Å². The van der Waals surface area contributed by atoms with E-state index in [2.05, 4.69) is 37.5 Å². The number of pyridine rings is 1. The van der Waals surface area contributed by atoms with E-state index in [1.165, 1.54) is 6.07 Å². The van der Waals surface area contributed by atoms with Crippen molar-refractivity contribution in [2.24, 2.45) is 5.92 Å². The Labute approximate surface area is 233 Å². The van der Waals surface area contributed by atoms with Gasteiger partial charge in [-0.1, -0.05) is 54.9 Å². The quantitative estimate of drug-likeness (QED) is 0.222. The zero-order chi connectivity index (χ0) is 27.6. The van der Waals surface area contributed by atoms with Gasteiger partial charge in [-0.05, 0) is 62.8 Å². The number of benzene rings is 2. The van der Waals surface area contributed by atoms with Crippen molar-refractivity contribution in [2.75, 3.05) is 0 Å². The fourth-order valence-electron chi connectivity index (χ4n) is 7.72. The number of hydrogen-bond donors (Lipinski definition) is 0. The molecule has 0 saturated heterocycles. The third kappa shape index (κ3) is 3.58. The lowest BCUT2D eigenvalue weighted by molar-refractivity contribution is 0.0955. The summed E-state index contributed by atoms with van der Waals surface area (Å²) in [7, 11) is 0. The number of hydrogen-bond acceptors (Lipinski definition) is 5. The molecular weight excluding hydrogens is 499 g/mol. The van der Waals surface area contributed by atoms with Crippen LogP contribution in [-0.4, -0.2) is 20.1 Å². The molecule has 0 fully saturated rings. The molecule has 200 valence electrons. The van der Waals surface area contributed by atoms with Gasteiger partial charge in [-0.25, -0.2) is 14.4 Å². The van der Waals surface area contributed by atoms with Crippen molar-refractivity contribution in [1.29, 1.82) is 0 Å². The number of allylic oxidation sites excluding steroid dienone is 1. The molecule has 40 heavy (non-hydrogen) atoms. The van der Waals surface area contributed by atoms with E-state index in [0.717, 1.165) is 70.3 Å². The van der Waals surface area contributed by atoms with Gasteiger partial charge in [0.15, 0.2) is 5.82 Å². The second-order valence-electron chi connectivity index (χ2n) is 12.0. The first-order chi connectivity index (χ1) is 19.3. The van der Waals surface area contributed by atoms with E-state index in [1.807, 2.05) is 48.7 Å². The average Bonchev–Trinajstić information content (AvgIpc) is 3.41. The molecule has 0 bridgehead atoms. The Balaban J connectivity index is 1.53. The Bertz CT molecular complexity index is 1800. The zero-order valence-corrected chi connectivity index (χ0v) is 23.0. The summed E-state index contributed by atoms with van der Waals surface area (Å²) >= 11 is 0. The summed E-state index contributed by atoms with van der Waals surface area (Å²) in [5.41, 5.74) is 6.57. The minimum Gasteiger partial charge on any atom is -0.361 e. The SMILES string of the molecule is C=C(C)C[C@@]1(C)c2oncc2C[C@@]2(C)c3nc(-c4ccnc5ccccc45)nc(-c4ccccc4F)c3CC[C@@H]21. The summed E-state index contributed by atoms with van der Waals surface area (Å²) in [4.78, 5) is 15.0. The lowest BCUT2D eigenvalue weighted by Crippen LogP contribution is -2.53. The molecule has 0 saturated carbocycles. The molecule has 5 nitrogen and oxygen atoms in total. The van der Waals surface area contributed by atoms with Crippen LogP contribution >= 0.6 is 0 Å². The molecule has 6 heteroatoms. The molecule has 7 rings (SSSR count). The van der Waals surface area contributed by atoms with Gasteiger partial charge < -0.3 is 4.52 Å². The number of fused-ring (bicyclic) bond motifs is 5. The summed E-state index contributed by atoms with van der Waals surface area (Å²) in [6.45, 7) is 10.9. The number of aromatic nitrogens is 4. The van der Waals surface area contributed by atoms with Crippen molar-refractivity contribution in [3.05, 3.63) is 108 Å². The zero-order valence-electron chi connectivity index (χ0n) is 23.0. The van der Waals surface area contributed by atoms with Gasteiger partial charge in [0.2, 0.25) is 0 Å². The van der Waals surface area contributed by atoms with Crippen molar-refractivity contribution in [3.8, 4) is 22.6 Å². The Morgan fingerprint density at radius 3 is 2.67 bits per heavy atom. The largest absolute Gasteiger partial charge is 0.361 e. The Hall–Kier alpha value is -4.19. The van der Waals surface area contributed by atoms with Crippen molar-refractivity contribution < 1.29 is 8.91 Å². The smallest absolute Gasteiger partial charge is 0.160 e. The van der Waals surface area contributed by atoms with Gasteiger partial charge in [0.25, 0.3) is 0 Å². The minimum absolute atomic E-state index is 0.232. The molecule has 0 amide bonds. The molecule has 0 N–H and O–H groups in total. The maximum absolute atomic E-state index is 15.4. The van der Waals surface area contributed by atoms with Crippen LogP contribution in [0.2, 0.25) is 0 Å². The molecule has 0 aliphatic heterocycles. The standard InChI is InChI=1S/C34H31FN4O/c1-20(2)17-34(4)28-14-13-25-29(24-10-5-7-11-26(24)35)38-32(23-15-16-36-27-12-8-6-9-22(23)27)39-30(25)33(28,3)18-21-19-37-40-31(21)34/h5-12,15-16,19,28H,1,13-14,17-18H2,2-4H3/t28-,33+,34+/m0/s1. The lowest BCUT2D eigenvalue weighted by atomic mass is 9.49. The number of para-hydroxylation sites is 1. The first-order valence-electron chi connectivity index (χ1n) is 13.9. The van der Waals surface area contributed by atoms with Gasteiger partial charge >= 0.3 is 0 Å². The highest BCUT2D eigenvalue weighted by molar-refractivity contribution is 5.92. The third-order valence-corrected chi connectivity index (χ3v) is 9.18. The first-order valence-corrected chi connectivity index (χ1v) is 13.9. The Morgan fingerprint density at radius 2 is 1.85 bits per heavy atom. The van der Waals surface area contributed by atoms with Gasteiger partial charge in [-0.15, -0.1) is 6.58 Å². The maximum Gasteiger partial charge on any atom is 0.160 e. The van der Waals surface area contributed by atoms with Crippen LogP contribution in [0.5, 0.6) is 0 Å². The molecule has 5 aromatic rings. The fourth-order valence-corrected chi connectivity index (χ4v) is 7.72. The van der Waals surface area contributed by atoms with Gasteiger partial charge in [0, 0.05) is 44.7 Å². The summed E-state index contributed by atoms with van der Waals surface area (Å²) in [5, 5.41) is 5.20. The van der Waals surface area contributed by atoms with E-state index in [1.54, 1.807) is 12.3 Å². The number of halogens is 1. The molecule has 2 aromatic carbocycles. The molecular formula is C34H31FN4O. The van der Waals surface area contributed by atoms with Crippen LogP contribution in [0.15, 0.2) is 83.7 Å². The van der Waals surface area contributed by atoms with E-state index >= 15 is 4.39 Å². The van der Waals surface area contributed by atoms with Crippen molar-refractivity contribution in [2.45, 2.75) is 57.3 Å². The highest BCUT2D eigenvalue weighted by Gasteiger charge is 2.57. The van der Waals surface area contributed by atoms with Gasteiger partial charge in [-0.2, -0.15) is 0 Å². The van der Waals surface area contributed by atoms with Crippen LogP contribution in [-0.2, 0) is 23.7 Å². The predicted molar refractivity (Wildman–Crippen MR) is 154 cm³/mol. The highest BCUT2D eigenvalue weighted by atomic mass is 19.1. The first kappa shape index (κ1) is 24.8. The van der Waals surface area contributed by atoms with Crippen molar-refractivity contribution in [1.82, 2.24) is 20.1 Å². The van der Waals surface area contributed by atoms with Crippen LogP contribution in [0.3, 0.4) is 0 Å². The van der Waals surface area contributed by atoms with E-state index in [-0.39, 0.29) is 22.6 Å². The van der Waals surface area contributed by atoms with E-state index in [0.29, 0.717) is 17.1 Å². The average molecular weight is 531 g/mol. The van der Waals surface area contributed by atoms with E-state index in [9.17, 15) is 0 Å². The van der Waals surface area contributed by atoms with E-state index < -0.39 is 0 Å². The third-order valence-electron chi connectivity index (χ3n) is 9.18. The minimum atomic E-state index is -0.336. The highest BCUT2D eigenvalue weighted by Crippen LogP contribution is 2.58. The van der Waals surface area contributed by atoms with Gasteiger partial charge in [-0.3, -0.25) is 4.98 Å². The topological polar surface area (TPSA) is 64.7 Å². The van der Waals surface area contributed by atoms with Crippen molar-refractivity contribution >= 4 is 10.9 Å². The lowest BCUT2D eigenvalue weighted by Gasteiger charge is -2.53. The second-order valence-corrected chi connectivity index (χ2v) is 12.0. The Morgan fingerprint density at radius 1 is 1.05 bits per heavy atom. The van der Waals surface area contributed by atoms with Gasteiger partial charge in [0.1, 0.15) is 11.6 Å². The summed E-state index contributed by atoms with van der Waals surface area (Å²) in [5.74, 6) is 1.51.